The van der Waals surface area contributed by atoms with E-state index in [0.717, 1.165) is 29.8 Å². The molecule has 116 valence electrons. The number of likely N-dealkylation sites (tertiary alicyclic amines) is 1. The van der Waals surface area contributed by atoms with Gasteiger partial charge in [0.2, 0.25) is 0 Å². The molecular formula is C18H34N2. The van der Waals surface area contributed by atoms with Gasteiger partial charge in [0.1, 0.15) is 0 Å². The van der Waals surface area contributed by atoms with Crippen LogP contribution in [0.15, 0.2) is 0 Å². The molecule has 3 aliphatic rings. The van der Waals surface area contributed by atoms with Crippen molar-refractivity contribution in [2.45, 2.75) is 77.3 Å². The first-order valence-electron chi connectivity index (χ1n) is 9.20. The van der Waals surface area contributed by atoms with Crippen LogP contribution in [0.5, 0.6) is 0 Å². The van der Waals surface area contributed by atoms with E-state index in [-0.39, 0.29) is 0 Å². The Morgan fingerprint density at radius 3 is 2.50 bits per heavy atom. The summed E-state index contributed by atoms with van der Waals surface area (Å²) in [7, 11) is 0. The van der Waals surface area contributed by atoms with E-state index in [0.29, 0.717) is 0 Å². The third-order valence-electron chi connectivity index (χ3n) is 5.99. The van der Waals surface area contributed by atoms with Crippen LogP contribution in [0, 0.1) is 17.8 Å². The first kappa shape index (κ1) is 14.8. The minimum Gasteiger partial charge on any atom is -0.312 e. The number of nitrogens with one attached hydrogen (secondary N) is 1. The number of hydrogen-bond acceptors (Lipinski definition) is 2. The first-order chi connectivity index (χ1) is 9.72. The lowest BCUT2D eigenvalue weighted by Gasteiger charge is -2.41. The zero-order valence-electron chi connectivity index (χ0n) is 13.6. The smallest absolute Gasteiger partial charge is 0.0198 e. The van der Waals surface area contributed by atoms with Crippen molar-refractivity contribution in [1.29, 1.82) is 0 Å². The maximum absolute atomic E-state index is 3.92. The molecule has 0 aromatic heterocycles. The quantitative estimate of drug-likeness (QED) is 0.825. The molecule has 0 spiro atoms. The Morgan fingerprint density at radius 1 is 1.05 bits per heavy atom. The van der Waals surface area contributed by atoms with E-state index >= 15 is 0 Å². The highest BCUT2D eigenvalue weighted by molar-refractivity contribution is 4.91. The van der Waals surface area contributed by atoms with E-state index in [1.165, 1.54) is 71.0 Å². The summed E-state index contributed by atoms with van der Waals surface area (Å²) in [5.41, 5.74) is 0. The van der Waals surface area contributed by atoms with Gasteiger partial charge in [0, 0.05) is 25.2 Å². The van der Waals surface area contributed by atoms with E-state index < -0.39 is 0 Å². The highest BCUT2D eigenvalue weighted by Crippen LogP contribution is 2.36. The van der Waals surface area contributed by atoms with Crippen molar-refractivity contribution < 1.29 is 0 Å². The van der Waals surface area contributed by atoms with Gasteiger partial charge in [-0.3, -0.25) is 4.90 Å². The van der Waals surface area contributed by atoms with Gasteiger partial charge in [0.15, 0.2) is 0 Å². The Kier molecular flexibility index (Phi) is 5.04. The summed E-state index contributed by atoms with van der Waals surface area (Å²) < 4.78 is 0. The van der Waals surface area contributed by atoms with E-state index in [4.69, 9.17) is 0 Å². The van der Waals surface area contributed by atoms with Gasteiger partial charge in [-0.05, 0) is 63.3 Å². The van der Waals surface area contributed by atoms with Crippen LogP contribution in [-0.2, 0) is 0 Å². The minimum atomic E-state index is 0.752. The summed E-state index contributed by atoms with van der Waals surface area (Å²) in [6.07, 6.45) is 11.7. The molecule has 3 unspecified atom stereocenters. The highest BCUT2D eigenvalue weighted by Gasteiger charge is 2.35. The van der Waals surface area contributed by atoms with Crippen molar-refractivity contribution in [3.63, 3.8) is 0 Å². The summed E-state index contributed by atoms with van der Waals surface area (Å²) in [5, 5.41) is 3.92. The molecule has 3 atom stereocenters. The fraction of sp³-hybridized carbons (Fsp3) is 1.00. The van der Waals surface area contributed by atoms with Gasteiger partial charge < -0.3 is 5.32 Å². The molecule has 0 aromatic rings. The second-order valence-electron chi connectivity index (χ2n) is 7.98. The minimum absolute atomic E-state index is 0.752. The molecule has 2 aliphatic carbocycles. The van der Waals surface area contributed by atoms with Crippen molar-refractivity contribution in [2.75, 3.05) is 19.6 Å². The average Bonchev–Trinajstić information content (AvgIpc) is 3.29. The van der Waals surface area contributed by atoms with Gasteiger partial charge in [-0.15, -0.1) is 0 Å². The third-order valence-corrected chi connectivity index (χ3v) is 5.99. The normalized spacial score (nSPS) is 35.1. The van der Waals surface area contributed by atoms with Gasteiger partial charge >= 0.3 is 0 Å². The molecule has 0 aromatic carbocycles. The molecule has 3 fully saturated rings. The van der Waals surface area contributed by atoms with Crippen LogP contribution in [0.1, 0.15) is 65.2 Å². The second kappa shape index (κ2) is 6.79. The van der Waals surface area contributed by atoms with Crippen LogP contribution in [0.4, 0.5) is 0 Å². The standard InChI is InChI=1S/C18H34N2/c1-14-10-18(19-11-16-6-4-3-5-7-16)13-20(12-14)15(2)17-8-9-17/h14-19H,3-13H2,1-2H3. The van der Waals surface area contributed by atoms with Crippen molar-refractivity contribution in [3.05, 3.63) is 0 Å². The molecule has 2 saturated carbocycles. The monoisotopic (exact) mass is 278 g/mol. The predicted molar refractivity (Wildman–Crippen MR) is 85.9 cm³/mol. The van der Waals surface area contributed by atoms with Gasteiger partial charge in [0.05, 0.1) is 0 Å². The van der Waals surface area contributed by atoms with Gasteiger partial charge in [-0.1, -0.05) is 26.2 Å². The molecule has 3 rings (SSSR count). The average molecular weight is 278 g/mol. The Balaban J connectivity index is 1.45. The van der Waals surface area contributed by atoms with Crippen LogP contribution < -0.4 is 5.32 Å². The Bertz CT molecular complexity index is 294. The van der Waals surface area contributed by atoms with E-state index in [2.05, 4.69) is 24.1 Å². The molecule has 1 heterocycles. The van der Waals surface area contributed by atoms with Crippen LogP contribution >= 0.6 is 0 Å². The van der Waals surface area contributed by atoms with Crippen LogP contribution in [0.2, 0.25) is 0 Å². The third kappa shape index (κ3) is 3.98. The molecule has 2 heteroatoms. The second-order valence-corrected chi connectivity index (χ2v) is 7.98. The lowest BCUT2D eigenvalue weighted by Crippen LogP contribution is -2.52. The van der Waals surface area contributed by atoms with Crippen molar-refractivity contribution in [1.82, 2.24) is 10.2 Å². The van der Waals surface area contributed by atoms with Crippen LogP contribution in [0.25, 0.3) is 0 Å². The summed E-state index contributed by atoms with van der Waals surface area (Å²) in [4.78, 5) is 2.78. The van der Waals surface area contributed by atoms with E-state index in [1.807, 2.05) is 0 Å². The molecular weight excluding hydrogens is 244 g/mol. The van der Waals surface area contributed by atoms with Crippen LogP contribution in [-0.4, -0.2) is 36.6 Å². The van der Waals surface area contributed by atoms with E-state index in [1.54, 1.807) is 0 Å². The Labute approximate surface area is 125 Å². The summed E-state index contributed by atoms with van der Waals surface area (Å²) in [6.45, 7) is 8.83. The topological polar surface area (TPSA) is 15.3 Å². The summed E-state index contributed by atoms with van der Waals surface area (Å²) in [5.74, 6) is 2.85. The largest absolute Gasteiger partial charge is 0.312 e. The number of piperidine rings is 1. The molecule has 0 radical (unpaired) electrons. The zero-order valence-corrected chi connectivity index (χ0v) is 13.6. The molecule has 20 heavy (non-hydrogen) atoms. The molecule has 0 bridgehead atoms. The number of rotatable bonds is 5. The van der Waals surface area contributed by atoms with E-state index in [9.17, 15) is 0 Å². The van der Waals surface area contributed by atoms with Gasteiger partial charge in [-0.2, -0.15) is 0 Å². The maximum atomic E-state index is 3.92. The lowest BCUT2D eigenvalue weighted by atomic mass is 9.88. The lowest BCUT2D eigenvalue weighted by molar-refractivity contribution is 0.0981. The Morgan fingerprint density at radius 2 is 1.80 bits per heavy atom. The highest BCUT2D eigenvalue weighted by atomic mass is 15.2. The summed E-state index contributed by atoms with van der Waals surface area (Å²) >= 11 is 0. The van der Waals surface area contributed by atoms with Gasteiger partial charge in [0.25, 0.3) is 0 Å². The molecule has 1 N–H and O–H groups in total. The fourth-order valence-corrected chi connectivity index (χ4v) is 4.47. The Hall–Kier alpha value is -0.0800. The van der Waals surface area contributed by atoms with Crippen molar-refractivity contribution in [2.24, 2.45) is 17.8 Å². The summed E-state index contributed by atoms with van der Waals surface area (Å²) in [6, 6.07) is 1.58. The molecule has 2 nitrogen and oxygen atoms in total. The molecule has 1 saturated heterocycles. The molecule has 1 aliphatic heterocycles. The number of hydrogen-bond donors (Lipinski definition) is 1. The predicted octanol–water partition coefficient (Wildman–Crippen LogP) is 3.67. The first-order valence-corrected chi connectivity index (χ1v) is 9.20. The zero-order chi connectivity index (χ0) is 13.9. The van der Waals surface area contributed by atoms with Gasteiger partial charge in [-0.25, -0.2) is 0 Å². The number of nitrogens with zero attached hydrogens (tertiary/aromatic N) is 1. The van der Waals surface area contributed by atoms with Crippen molar-refractivity contribution in [3.8, 4) is 0 Å². The molecule has 0 amide bonds. The van der Waals surface area contributed by atoms with Crippen molar-refractivity contribution >= 4 is 0 Å². The maximum Gasteiger partial charge on any atom is 0.0198 e. The van der Waals surface area contributed by atoms with Crippen LogP contribution in [0.3, 0.4) is 0 Å². The fourth-order valence-electron chi connectivity index (χ4n) is 4.47. The SMILES string of the molecule is CC1CC(NCC2CCCCC2)CN(C(C)C2CC2)C1.